The van der Waals surface area contributed by atoms with Gasteiger partial charge in [0.05, 0.1) is 18.8 Å². The smallest absolute Gasteiger partial charge is 0.330 e. The number of rotatable bonds is 7. The number of methoxy groups -OCH3 is 2. The zero-order valence-corrected chi connectivity index (χ0v) is 12.1. The molecule has 19 heavy (non-hydrogen) atoms. The summed E-state index contributed by atoms with van der Waals surface area (Å²) in [5.74, 6) is -0.247. The molecule has 1 aliphatic rings. The number of esters is 1. The number of cyclic esters (lactones) is 1. The average Bonchev–Trinajstić information content (AvgIpc) is 2.38. The lowest BCUT2D eigenvalue weighted by Gasteiger charge is -2.33. The number of ether oxygens (including phenoxy) is 3. The Morgan fingerprint density at radius 2 is 2.16 bits per heavy atom. The fraction of sp³-hybridized carbons (Fsp3) is 0.786. The van der Waals surface area contributed by atoms with Gasteiger partial charge in [-0.25, -0.2) is 4.79 Å². The van der Waals surface area contributed by atoms with Gasteiger partial charge in [0.25, 0.3) is 0 Å². The summed E-state index contributed by atoms with van der Waals surface area (Å²) in [6.07, 6.45) is 2.25. The van der Waals surface area contributed by atoms with Gasteiger partial charge in [0, 0.05) is 39.1 Å². The molecule has 0 unspecified atom stereocenters. The second-order valence-electron chi connectivity index (χ2n) is 5.08. The number of aliphatic hydroxyl groups is 1. The Morgan fingerprint density at radius 1 is 1.47 bits per heavy atom. The third kappa shape index (κ3) is 4.60. The zero-order valence-electron chi connectivity index (χ0n) is 12.1. The molecule has 0 amide bonds. The van der Waals surface area contributed by atoms with Crippen LogP contribution >= 0.6 is 0 Å². The molecule has 4 atom stereocenters. The van der Waals surface area contributed by atoms with Gasteiger partial charge in [-0.3, -0.25) is 0 Å². The van der Waals surface area contributed by atoms with Crippen LogP contribution in [0, 0.1) is 5.92 Å². The topological polar surface area (TPSA) is 65.0 Å². The minimum atomic E-state index is -0.291. The fourth-order valence-corrected chi connectivity index (χ4v) is 2.36. The normalized spacial score (nSPS) is 24.4. The van der Waals surface area contributed by atoms with Crippen LogP contribution in [0.4, 0.5) is 0 Å². The van der Waals surface area contributed by atoms with E-state index in [-0.39, 0.29) is 36.8 Å². The maximum Gasteiger partial charge on any atom is 0.330 e. The third-order valence-corrected chi connectivity index (χ3v) is 3.66. The van der Waals surface area contributed by atoms with E-state index in [4.69, 9.17) is 14.2 Å². The van der Waals surface area contributed by atoms with Crippen LogP contribution in [0.25, 0.3) is 0 Å². The maximum absolute atomic E-state index is 11.4. The van der Waals surface area contributed by atoms with Gasteiger partial charge in [-0.1, -0.05) is 12.5 Å². The predicted molar refractivity (Wildman–Crippen MR) is 70.7 cm³/mol. The molecule has 0 bridgehead atoms. The first-order valence-corrected chi connectivity index (χ1v) is 6.56. The first kappa shape index (κ1) is 16.1. The van der Waals surface area contributed by atoms with Crippen molar-refractivity contribution in [3.05, 3.63) is 11.6 Å². The Balaban J connectivity index is 2.65. The van der Waals surface area contributed by atoms with Crippen LogP contribution in [0.1, 0.15) is 26.7 Å². The van der Waals surface area contributed by atoms with E-state index < -0.39 is 0 Å². The summed E-state index contributed by atoms with van der Waals surface area (Å²) in [6.45, 7) is 3.87. The van der Waals surface area contributed by atoms with Crippen LogP contribution in [-0.2, 0) is 19.0 Å². The van der Waals surface area contributed by atoms with Crippen molar-refractivity contribution in [1.29, 1.82) is 0 Å². The molecule has 0 saturated heterocycles. The summed E-state index contributed by atoms with van der Waals surface area (Å²) in [5.41, 5.74) is 1.02. The minimum absolute atomic E-state index is 0.0433. The number of hydrogen-bond donors (Lipinski definition) is 1. The first-order chi connectivity index (χ1) is 9.01. The van der Waals surface area contributed by atoms with Gasteiger partial charge < -0.3 is 19.3 Å². The standard InChI is InChI=1S/C14H24O5/c1-9-5-13(19-14(16)6-9)10(2)12(18-4)7-11(8-15)17-3/h6,10-13,15H,5,7-8H2,1-4H3/t10-,11-,12-,13-/m1/s1. The number of carbonyl (C=O) groups excluding carboxylic acids is 1. The zero-order chi connectivity index (χ0) is 14.4. The van der Waals surface area contributed by atoms with Gasteiger partial charge in [0.15, 0.2) is 0 Å². The average molecular weight is 272 g/mol. The van der Waals surface area contributed by atoms with Crippen molar-refractivity contribution in [3.8, 4) is 0 Å². The molecule has 5 nitrogen and oxygen atoms in total. The predicted octanol–water partition coefficient (Wildman–Crippen LogP) is 1.30. The monoisotopic (exact) mass is 272 g/mol. The van der Waals surface area contributed by atoms with Crippen molar-refractivity contribution in [3.63, 3.8) is 0 Å². The molecule has 0 aromatic rings. The fourth-order valence-electron chi connectivity index (χ4n) is 2.36. The lowest BCUT2D eigenvalue weighted by atomic mass is 9.89. The van der Waals surface area contributed by atoms with E-state index in [2.05, 4.69) is 0 Å². The second kappa shape index (κ2) is 7.62. The van der Waals surface area contributed by atoms with Crippen LogP contribution in [0.5, 0.6) is 0 Å². The molecule has 0 aliphatic carbocycles. The molecule has 0 fully saturated rings. The van der Waals surface area contributed by atoms with Gasteiger partial charge in [-0.15, -0.1) is 0 Å². The van der Waals surface area contributed by atoms with Crippen molar-refractivity contribution in [2.75, 3.05) is 20.8 Å². The van der Waals surface area contributed by atoms with Crippen molar-refractivity contribution in [2.24, 2.45) is 5.92 Å². The molecule has 5 heteroatoms. The van der Waals surface area contributed by atoms with Crippen LogP contribution in [0.3, 0.4) is 0 Å². The van der Waals surface area contributed by atoms with Crippen molar-refractivity contribution >= 4 is 5.97 Å². The van der Waals surface area contributed by atoms with Crippen molar-refractivity contribution in [2.45, 2.75) is 45.0 Å². The highest BCUT2D eigenvalue weighted by Crippen LogP contribution is 2.27. The summed E-state index contributed by atoms with van der Waals surface area (Å²) < 4.78 is 16.0. The molecule has 0 radical (unpaired) electrons. The number of aliphatic hydroxyl groups excluding tert-OH is 1. The summed E-state index contributed by atoms with van der Waals surface area (Å²) >= 11 is 0. The number of carbonyl (C=O) groups is 1. The molecular formula is C14H24O5. The first-order valence-electron chi connectivity index (χ1n) is 6.56. The van der Waals surface area contributed by atoms with Crippen LogP contribution in [-0.4, -0.2) is 50.2 Å². The highest BCUT2D eigenvalue weighted by molar-refractivity contribution is 5.83. The van der Waals surface area contributed by atoms with Gasteiger partial charge in [-0.2, -0.15) is 0 Å². The molecule has 0 spiro atoms. The van der Waals surface area contributed by atoms with Gasteiger partial charge >= 0.3 is 5.97 Å². The number of hydrogen-bond acceptors (Lipinski definition) is 5. The van der Waals surface area contributed by atoms with Crippen LogP contribution < -0.4 is 0 Å². The summed E-state index contributed by atoms with van der Waals surface area (Å²) in [7, 11) is 3.18. The molecule has 1 rings (SSSR count). The van der Waals surface area contributed by atoms with Crippen LogP contribution in [0.2, 0.25) is 0 Å². The summed E-state index contributed by atoms with van der Waals surface area (Å²) in [5, 5.41) is 9.17. The molecule has 1 N–H and O–H groups in total. The van der Waals surface area contributed by atoms with Crippen molar-refractivity contribution < 1.29 is 24.1 Å². The van der Waals surface area contributed by atoms with Crippen LogP contribution in [0.15, 0.2) is 11.6 Å². The maximum atomic E-state index is 11.4. The summed E-state index contributed by atoms with van der Waals surface area (Å²) in [6, 6.07) is 0. The Morgan fingerprint density at radius 3 is 2.63 bits per heavy atom. The molecule has 1 aliphatic heterocycles. The molecule has 110 valence electrons. The lowest BCUT2D eigenvalue weighted by Crippen LogP contribution is -2.38. The van der Waals surface area contributed by atoms with E-state index in [0.29, 0.717) is 6.42 Å². The van der Waals surface area contributed by atoms with Gasteiger partial charge in [0.2, 0.25) is 0 Å². The van der Waals surface area contributed by atoms with E-state index in [9.17, 15) is 9.90 Å². The van der Waals surface area contributed by atoms with E-state index in [1.807, 2.05) is 13.8 Å². The van der Waals surface area contributed by atoms with E-state index >= 15 is 0 Å². The minimum Gasteiger partial charge on any atom is -0.458 e. The molecule has 0 aromatic heterocycles. The van der Waals surface area contributed by atoms with Crippen molar-refractivity contribution in [1.82, 2.24) is 0 Å². The lowest BCUT2D eigenvalue weighted by molar-refractivity contribution is -0.150. The Kier molecular flexibility index (Phi) is 6.48. The SMILES string of the molecule is CO[C@@H](CO)C[C@@H](OC)[C@@H](C)[C@H]1CC(C)=CC(=O)O1. The Labute approximate surface area is 114 Å². The highest BCUT2D eigenvalue weighted by Gasteiger charge is 2.32. The second-order valence-corrected chi connectivity index (χ2v) is 5.08. The summed E-state index contributed by atoms with van der Waals surface area (Å²) in [4.78, 5) is 11.4. The van der Waals surface area contributed by atoms with E-state index in [0.717, 1.165) is 12.0 Å². The largest absolute Gasteiger partial charge is 0.458 e. The van der Waals surface area contributed by atoms with E-state index in [1.54, 1.807) is 14.2 Å². The molecular weight excluding hydrogens is 248 g/mol. The molecule has 0 aromatic carbocycles. The Bertz CT molecular complexity index is 322. The highest BCUT2D eigenvalue weighted by atomic mass is 16.5. The van der Waals surface area contributed by atoms with Gasteiger partial charge in [-0.05, 0) is 6.92 Å². The third-order valence-electron chi connectivity index (χ3n) is 3.66. The van der Waals surface area contributed by atoms with E-state index in [1.165, 1.54) is 6.08 Å². The van der Waals surface area contributed by atoms with Gasteiger partial charge in [0.1, 0.15) is 6.10 Å². The molecule has 0 saturated carbocycles. The quantitative estimate of drug-likeness (QED) is 0.708. The molecule has 1 heterocycles. The Hall–Kier alpha value is -0.910.